The van der Waals surface area contributed by atoms with Crippen molar-refractivity contribution in [1.29, 1.82) is 0 Å². The quantitative estimate of drug-likeness (QED) is 0.895. The Morgan fingerprint density at radius 1 is 1.21 bits per heavy atom. The van der Waals surface area contributed by atoms with Gasteiger partial charge in [0, 0.05) is 37.9 Å². The molecule has 4 heterocycles. The fourth-order valence-corrected chi connectivity index (χ4v) is 3.40. The molecule has 8 heteroatoms. The molecule has 2 aliphatic heterocycles. The van der Waals surface area contributed by atoms with E-state index in [-0.39, 0.29) is 24.0 Å². The molecule has 0 aliphatic carbocycles. The topological polar surface area (TPSA) is 93.1 Å². The van der Waals surface area contributed by atoms with Gasteiger partial charge >= 0.3 is 0 Å². The number of nitrogens with one attached hydrogen (secondary N) is 1. The highest BCUT2D eigenvalue weighted by Gasteiger charge is 2.43. The number of hydrogen-bond donors (Lipinski definition) is 1. The van der Waals surface area contributed by atoms with Crippen molar-refractivity contribution in [3.8, 4) is 0 Å². The summed E-state index contributed by atoms with van der Waals surface area (Å²) in [4.78, 5) is 31.5. The number of fused-ring (bicyclic) bond motifs is 1. The van der Waals surface area contributed by atoms with Crippen LogP contribution in [-0.2, 0) is 9.53 Å². The van der Waals surface area contributed by atoms with Gasteiger partial charge in [0.05, 0.1) is 24.3 Å². The molecular formula is C16H18N6O2. The number of nitrogens with zero attached hydrogens (tertiary/aromatic N) is 5. The number of rotatable bonds is 3. The van der Waals surface area contributed by atoms with Crippen molar-refractivity contribution >= 4 is 17.7 Å². The van der Waals surface area contributed by atoms with Crippen LogP contribution in [0.15, 0.2) is 37.1 Å². The van der Waals surface area contributed by atoms with Crippen molar-refractivity contribution in [1.82, 2.24) is 19.9 Å². The predicted molar refractivity (Wildman–Crippen MR) is 86.3 cm³/mol. The number of ether oxygens (including phenoxy) is 1. The molecule has 2 aromatic heterocycles. The van der Waals surface area contributed by atoms with E-state index in [9.17, 15) is 4.79 Å². The molecule has 2 saturated heterocycles. The van der Waals surface area contributed by atoms with E-state index >= 15 is 0 Å². The standard InChI is InChI=1S/C16H18N6O2/c23-15(21-14-9-17-5-6-18-14)11-8-13-12(2-7-24-13)22(10-11)16-19-3-1-4-20-16/h1,3-6,9,11-13H,2,7-8,10H2,(H,18,21,23)/t11-,12-,13-/m1/s1. The van der Waals surface area contributed by atoms with Crippen molar-refractivity contribution in [3.63, 3.8) is 0 Å². The van der Waals surface area contributed by atoms with Crippen LogP contribution in [0, 0.1) is 5.92 Å². The lowest BCUT2D eigenvalue weighted by Crippen LogP contribution is -2.52. The Hall–Kier alpha value is -2.61. The summed E-state index contributed by atoms with van der Waals surface area (Å²) >= 11 is 0. The highest BCUT2D eigenvalue weighted by Crippen LogP contribution is 2.33. The van der Waals surface area contributed by atoms with E-state index in [1.807, 2.05) is 0 Å². The van der Waals surface area contributed by atoms with E-state index < -0.39 is 0 Å². The van der Waals surface area contributed by atoms with Gasteiger partial charge in [0.25, 0.3) is 0 Å². The summed E-state index contributed by atoms with van der Waals surface area (Å²) in [5, 5.41) is 2.83. The van der Waals surface area contributed by atoms with E-state index in [4.69, 9.17) is 4.74 Å². The molecule has 1 amide bonds. The fraction of sp³-hybridized carbons (Fsp3) is 0.438. The number of carbonyl (C=O) groups excluding carboxylic acids is 1. The highest BCUT2D eigenvalue weighted by molar-refractivity contribution is 5.92. The molecule has 8 nitrogen and oxygen atoms in total. The van der Waals surface area contributed by atoms with Gasteiger partial charge in [0.2, 0.25) is 11.9 Å². The van der Waals surface area contributed by atoms with Crippen molar-refractivity contribution in [2.24, 2.45) is 5.92 Å². The monoisotopic (exact) mass is 326 g/mol. The maximum absolute atomic E-state index is 12.6. The molecule has 0 unspecified atom stereocenters. The number of anilines is 2. The van der Waals surface area contributed by atoms with Crippen LogP contribution in [-0.4, -0.2) is 51.1 Å². The number of piperidine rings is 1. The van der Waals surface area contributed by atoms with E-state index in [2.05, 4.69) is 30.2 Å². The number of hydrogen-bond acceptors (Lipinski definition) is 7. The molecule has 2 fully saturated rings. The first-order valence-corrected chi connectivity index (χ1v) is 8.03. The number of aromatic nitrogens is 4. The van der Waals surface area contributed by atoms with Crippen molar-refractivity contribution in [2.75, 3.05) is 23.4 Å². The predicted octanol–water partition coefficient (Wildman–Crippen LogP) is 0.889. The average molecular weight is 326 g/mol. The fourth-order valence-electron chi connectivity index (χ4n) is 3.40. The largest absolute Gasteiger partial charge is 0.376 e. The summed E-state index contributed by atoms with van der Waals surface area (Å²) in [5.41, 5.74) is 0. The first-order chi connectivity index (χ1) is 11.8. The molecule has 2 aromatic rings. The van der Waals surface area contributed by atoms with Gasteiger partial charge in [-0.1, -0.05) is 0 Å². The molecule has 0 saturated carbocycles. The van der Waals surface area contributed by atoms with E-state index in [1.54, 1.807) is 30.9 Å². The SMILES string of the molecule is O=C(Nc1cnccn1)[C@@H]1C[C@H]2OCC[C@H]2N(c2ncccn2)C1. The average Bonchev–Trinajstić information content (AvgIpc) is 3.11. The summed E-state index contributed by atoms with van der Waals surface area (Å²) in [5.74, 6) is 0.815. The van der Waals surface area contributed by atoms with Crippen LogP contribution in [0.2, 0.25) is 0 Å². The van der Waals surface area contributed by atoms with Crippen LogP contribution in [0.5, 0.6) is 0 Å². The smallest absolute Gasteiger partial charge is 0.230 e. The van der Waals surface area contributed by atoms with E-state index in [0.717, 1.165) is 6.42 Å². The Morgan fingerprint density at radius 2 is 2.08 bits per heavy atom. The molecule has 24 heavy (non-hydrogen) atoms. The van der Waals surface area contributed by atoms with Gasteiger partial charge in [0.1, 0.15) is 0 Å². The number of carbonyl (C=O) groups is 1. The summed E-state index contributed by atoms with van der Waals surface area (Å²) < 4.78 is 5.83. The van der Waals surface area contributed by atoms with Crippen molar-refractivity contribution in [2.45, 2.75) is 25.0 Å². The van der Waals surface area contributed by atoms with Crippen LogP contribution in [0.4, 0.5) is 11.8 Å². The Morgan fingerprint density at radius 3 is 2.88 bits per heavy atom. The Bertz CT molecular complexity index is 698. The second-order valence-corrected chi connectivity index (χ2v) is 5.98. The molecule has 124 valence electrons. The zero-order valence-corrected chi connectivity index (χ0v) is 13.1. The molecule has 2 aliphatic rings. The summed E-state index contributed by atoms with van der Waals surface area (Å²) in [6, 6.07) is 2.02. The molecule has 1 N–H and O–H groups in total. The van der Waals surface area contributed by atoms with Crippen LogP contribution < -0.4 is 10.2 Å². The van der Waals surface area contributed by atoms with Gasteiger partial charge in [-0.15, -0.1) is 0 Å². The lowest BCUT2D eigenvalue weighted by molar-refractivity contribution is -0.121. The minimum Gasteiger partial charge on any atom is -0.376 e. The third-order valence-electron chi connectivity index (χ3n) is 4.50. The molecular weight excluding hydrogens is 308 g/mol. The summed E-state index contributed by atoms with van der Waals surface area (Å²) in [6.07, 6.45) is 9.75. The zero-order valence-electron chi connectivity index (χ0n) is 13.1. The van der Waals surface area contributed by atoms with Crippen molar-refractivity contribution < 1.29 is 9.53 Å². The van der Waals surface area contributed by atoms with Gasteiger partial charge in [-0.25, -0.2) is 15.0 Å². The Kier molecular flexibility index (Phi) is 4.04. The Balaban J connectivity index is 1.53. The Labute approximate surface area is 139 Å². The lowest BCUT2D eigenvalue weighted by Gasteiger charge is -2.40. The second-order valence-electron chi connectivity index (χ2n) is 5.98. The minimum atomic E-state index is -0.213. The van der Waals surface area contributed by atoms with Gasteiger partial charge in [0.15, 0.2) is 5.82 Å². The van der Waals surface area contributed by atoms with Crippen LogP contribution in [0.25, 0.3) is 0 Å². The second kappa shape index (κ2) is 6.48. The molecule has 0 spiro atoms. The molecule has 0 aromatic carbocycles. The van der Waals surface area contributed by atoms with Crippen molar-refractivity contribution in [3.05, 3.63) is 37.1 Å². The van der Waals surface area contributed by atoms with Crippen LogP contribution in [0.3, 0.4) is 0 Å². The zero-order chi connectivity index (χ0) is 16.4. The van der Waals surface area contributed by atoms with Gasteiger partial charge in [-0.05, 0) is 18.9 Å². The first-order valence-electron chi connectivity index (χ1n) is 8.03. The normalized spacial score (nSPS) is 26.0. The summed E-state index contributed by atoms with van der Waals surface area (Å²) in [7, 11) is 0. The minimum absolute atomic E-state index is 0.0279. The van der Waals surface area contributed by atoms with Crippen LogP contribution in [0.1, 0.15) is 12.8 Å². The third kappa shape index (κ3) is 2.92. The van der Waals surface area contributed by atoms with Gasteiger partial charge < -0.3 is 15.0 Å². The van der Waals surface area contributed by atoms with Gasteiger partial charge in [-0.3, -0.25) is 9.78 Å². The molecule has 0 radical (unpaired) electrons. The van der Waals surface area contributed by atoms with Gasteiger partial charge in [-0.2, -0.15) is 0 Å². The molecule has 0 bridgehead atoms. The van der Waals surface area contributed by atoms with E-state index in [1.165, 1.54) is 6.20 Å². The third-order valence-corrected chi connectivity index (χ3v) is 4.50. The number of amides is 1. The maximum Gasteiger partial charge on any atom is 0.230 e. The summed E-state index contributed by atoms with van der Waals surface area (Å²) in [6.45, 7) is 1.28. The first kappa shape index (κ1) is 14.9. The molecule has 3 atom stereocenters. The van der Waals surface area contributed by atoms with Crippen LogP contribution >= 0.6 is 0 Å². The molecule has 4 rings (SSSR count). The highest BCUT2D eigenvalue weighted by atomic mass is 16.5. The van der Waals surface area contributed by atoms with E-state index in [0.29, 0.717) is 31.3 Å². The maximum atomic E-state index is 12.6. The lowest BCUT2D eigenvalue weighted by atomic mass is 9.89.